The van der Waals surface area contributed by atoms with E-state index in [1.54, 1.807) is 6.92 Å². The number of nitrogens with zero attached hydrogens (tertiary/aromatic N) is 2. The van der Waals surface area contributed by atoms with Crippen LogP contribution in [0.4, 0.5) is 11.5 Å². The van der Waals surface area contributed by atoms with Crippen LogP contribution in [0.1, 0.15) is 17.3 Å². The molecule has 0 amide bonds. The van der Waals surface area contributed by atoms with Crippen LogP contribution in [0, 0.1) is 0 Å². The van der Waals surface area contributed by atoms with Gasteiger partial charge in [-0.05, 0) is 19.1 Å². The number of rotatable bonds is 4. The number of benzene rings is 1. The number of aromatic nitrogens is 2. The molecule has 1 N–H and O–H groups in total. The van der Waals surface area contributed by atoms with Crippen LogP contribution in [-0.4, -0.2) is 22.5 Å². The van der Waals surface area contributed by atoms with Crippen LogP contribution >= 0.6 is 11.6 Å². The first kappa shape index (κ1) is 13.3. The summed E-state index contributed by atoms with van der Waals surface area (Å²) in [6.07, 6.45) is 1.29. The van der Waals surface area contributed by atoms with Crippen molar-refractivity contribution in [3.8, 4) is 0 Å². The molecule has 1 aromatic carbocycles. The lowest BCUT2D eigenvalue weighted by Crippen LogP contribution is -2.11. The number of para-hydroxylation sites is 1. The fourth-order valence-corrected chi connectivity index (χ4v) is 1.71. The van der Waals surface area contributed by atoms with E-state index >= 15 is 0 Å². The third-order valence-electron chi connectivity index (χ3n) is 2.32. The van der Waals surface area contributed by atoms with Gasteiger partial charge in [0.2, 0.25) is 0 Å². The molecular weight excluding hydrogens is 266 g/mol. The SMILES string of the molecule is CCOC(=O)c1c(Cl)ncnc1Nc1ccccc1. The van der Waals surface area contributed by atoms with Gasteiger partial charge in [-0.15, -0.1) is 0 Å². The highest BCUT2D eigenvalue weighted by Gasteiger charge is 2.19. The number of carbonyl (C=O) groups is 1. The minimum absolute atomic E-state index is 0.0619. The Balaban J connectivity index is 2.35. The summed E-state index contributed by atoms with van der Waals surface area (Å²) in [5, 5.41) is 3.08. The smallest absolute Gasteiger partial charge is 0.345 e. The van der Waals surface area contributed by atoms with Crippen LogP contribution in [0.3, 0.4) is 0 Å². The molecule has 0 bridgehead atoms. The summed E-state index contributed by atoms with van der Waals surface area (Å²) in [5.41, 5.74) is 0.928. The van der Waals surface area contributed by atoms with E-state index in [0.717, 1.165) is 5.69 Å². The highest BCUT2D eigenvalue weighted by atomic mass is 35.5. The van der Waals surface area contributed by atoms with Crippen LogP contribution in [0.5, 0.6) is 0 Å². The van der Waals surface area contributed by atoms with E-state index in [4.69, 9.17) is 16.3 Å². The second kappa shape index (κ2) is 6.15. The van der Waals surface area contributed by atoms with Gasteiger partial charge in [-0.25, -0.2) is 14.8 Å². The topological polar surface area (TPSA) is 64.1 Å². The summed E-state index contributed by atoms with van der Waals surface area (Å²) < 4.78 is 4.94. The number of nitrogens with one attached hydrogen (secondary N) is 1. The third kappa shape index (κ3) is 3.20. The molecule has 0 radical (unpaired) electrons. The molecule has 0 fully saturated rings. The van der Waals surface area contributed by atoms with Crippen molar-refractivity contribution in [2.24, 2.45) is 0 Å². The van der Waals surface area contributed by atoms with Gasteiger partial charge in [0.15, 0.2) is 0 Å². The Kier molecular flexibility index (Phi) is 4.30. The first-order valence-corrected chi connectivity index (χ1v) is 6.10. The van der Waals surface area contributed by atoms with E-state index in [1.807, 2.05) is 30.3 Å². The monoisotopic (exact) mass is 277 g/mol. The zero-order valence-corrected chi connectivity index (χ0v) is 11.0. The Labute approximate surface area is 115 Å². The molecule has 1 heterocycles. The number of esters is 1. The normalized spacial score (nSPS) is 10.0. The van der Waals surface area contributed by atoms with Crippen LogP contribution < -0.4 is 5.32 Å². The maximum Gasteiger partial charge on any atom is 0.345 e. The van der Waals surface area contributed by atoms with Gasteiger partial charge in [0.05, 0.1) is 6.61 Å². The van der Waals surface area contributed by atoms with E-state index in [9.17, 15) is 4.79 Å². The highest BCUT2D eigenvalue weighted by Crippen LogP contribution is 2.23. The molecule has 0 spiro atoms. The van der Waals surface area contributed by atoms with Crippen molar-refractivity contribution < 1.29 is 9.53 Å². The molecule has 0 saturated carbocycles. The summed E-state index contributed by atoms with van der Waals surface area (Å²) in [5.74, 6) is -0.226. The zero-order valence-electron chi connectivity index (χ0n) is 10.3. The number of carbonyl (C=O) groups excluding carboxylic acids is 1. The minimum Gasteiger partial charge on any atom is -0.462 e. The fraction of sp³-hybridized carbons (Fsp3) is 0.154. The van der Waals surface area contributed by atoms with Crippen LogP contribution in [-0.2, 0) is 4.74 Å². The van der Waals surface area contributed by atoms with Crippen molar-refractivity contribution in [3.63, 3.8) is 0 Å². The Morgan fingerprint density at radius 1 is 1.32 bits per heavy atom. The van der Waals surface area contributed by atoms with Gasteiger partial charge in [0, 0.05) is 5.69 Å². The Morgan fingerprint density at radius 2 is 2.05 bits per heavy atom. The van der Waals surface area contributed by atoms with Crippen molar-refractivity contribution in [3.05, 3.63) is 47.4 Å². The minimum atomic E-state index is -0.550. The van der Waals surface area contributed by atoms with Crippen molar-refractivity contribution >= 4 is 29.1 Å². The van der Waals surface area contributed by atoms with Gasteiger partial charge in [-0.3, -0.25) is 0 Å². The van der Waals surface area contributed by atoms with Crippen LogP contribution in [0.2, 0.25) is 5.15 Å². The lowest BCUT2D eigenvalue weighted by Gasteiger charge is -2.10. The molecule has 19 heavy (non-hydrogen) atoms. The Morgan fingerprint density at radius 3 is 2.74 bits per heavy atom. The third-order valence-corrected chi connectivity index (χ3v) is 2.60. The van der Waals surface area contributed by atoms with Crippen molar-refractivity contribution in [2.75, 3.05) is 11.9 Å². The van der Waals surface area contributed by atoms with E-state index in [-0.39, 0.29) is 17.3 Å². The van der Waals surface area contributed by atoms with E-state index < -0.39 is 5.97 Å². The van der Waals surface area contributed by atoms with E-state index in [2.05, 4.69) is 15.3 Å². The second-order valence-electron chi connectivity index (χ2n) is 3.60. The number of hydrogen-bond donors (Lipinski definition) is 1. The van der Waals surface area contributed by atoms with E-state index in [1.165, 1.54) is 6.33 Å². The van der Waals surface area contributed by atoms with Gasteiger partial charge in [-0.2, -0.15) is 0 Å². The molecule has 1 aromatic heterocycles. The molecule has 6 heteroatoms. The molecule has 0 atom stereocenters. The van der Waals surface area contributed by atoms with Gasteiger partial charge in [-0.1, -0.05) is 29.8 Å². The molecule has 0 unspecified atom stereocenters. The molecule has 2 rings (SSSR count). The van der Waals surface area contributed by atoms with Crippen LogP contribution in [0.25, 0.3) is 0 Å². The molecule has 0 aliphatic carbocycles. The quantitative estimate of drug-likeness (QED) is 0.687. The summed E-state index contributed by atoms with van der Waals surface area (Å²) in [4.78, 5) is 19.7. The summed E-state index contributed by atoms with van der Waals surface area (Å²) in [6, 6.07) is 9.34. The summed E-state index contributed by atoms with van der Waals surface area (Å²) in [7, 11) is 0. The number of ether oxygens (including phenoxy) is 1. The average Bonchev–Trinajstić information content (AvgIpc) is 2.40. The first-order chi connectivity index (χ1) is 9.22. The molecule has 5 nitrogen and oxygen atoms in total. The van der Waals surface area contributed by atoms with Crippen LogP contribution in [0.15, 0.2) is 36.7 Å². The lowest BCUT2D eigenvalue weighted by molar-refractivity contribution is 0.0527. The lowest BCUT2D eigenvalue weighted by atomic mass is 10.2. The van der Waals surface area contributed by atoms with Gasteiger partial charge < -0.3 is 10.1 Å². The standard InChI is InChI=1S/C13H12ClN3O2/c1-2-19-13(18)10-11(14)15-8-16-12(10)17-9-6-4-3-5-7-9/h3-8H,2H2,1H3,(H,15,16,17). The van der Waals surface area contributed by atoms with E-state index in [0.29, 0.717) is 5.82 Å². The predicted octanol–water partition coefficient (Wildman–Crippen LogP) is 3.05. The summed E-state index contributed by atoms with van der Waals surface area (Å²) >= 11 is 5.93. The van der Waals surface area contributed by atoms with Gasteiger partial charge in [0.1, 0.15) is 22.9 Å². The molecular formula is C13H12ClN3O2. The number of halogens is 1. The van der Waals surface area contributed by atoms with Crippen molar-refractivity contribution in [1.82, 2.24) is 9.97 Å². The largest absolute Gasteiger partial charge is 0.462 e. The highest BCUT2D eigenvalue weighted by molar-refractivity contribution is 6.33. The second-order valence-corrected chi connectivity index (χ2v) is 3.96. The number of hydrogen-bond acceptors (Lipinski definition) is 5. The fourth-order valence-electron chi connectivity index (χ4n) is 1.50. The predicted molar refractivity (Wildman–Crippen MR) is 72.7 cm³/mol. The summed E-state index contributed by atoms with van der Waals surface area (Å²) in [6.45, 7) is 1.98. The maximum atomic E-state index is 11.8. The molecule has 2 aromatic rings. The Hall–Kier alpha value is -2.14. The van der Waals surface area contributed by atoms with Gasteiger partial charge >= 0.3 is 5.97 Å². The first-order valence-electron chi connectivity index (χ1n) is 5.72. The molecule has 0 aliphatic heterocycles. The average molecular weight is 278 g/mol. The Bertz CT molecular complexity index is 575. The zero-order chi connectivity index (χ0) is 13.7. The molecule has 98 valence electrons. The van der Waals surface area contributed by atoms with Crippen molar-refractivity contribution in [1.29, 1.82) is 0 Å². The van der Waals surface area contributed by atoms with Gasteiger partial charge in [0.25, 0.3) is 0 Å². The molecule has 0 saturated heterocycles. The molecule has 0 aliphatic rings. The van der Waals surface area contributed by atoms with Crippen molar-refractivity contribution in [2.45, 2.75) is 6.92 Å². The maximum absolute atomic E-state index is 11.8. The number of anilines is 2.